The zero-order chi connectivity index (χ0) is 16.6. The molecule has 0 aromatic heterocycles. The molecule has 0 aliphatic heterocycles. The van der Waals surface area contributed by atoms with Gasteiger partial charge in [0.05, 0.1) is 0 Å². The highest BCUT2D eigenvalue weighted by Crippen LogP contribution is 2.35. The second-order valence-corrected chi connectivity index (χ2v) is 6.62. The fraction of sp³-hybridized carbons (Fsp3) is 0.0400. The Balaban J connectivity index is 0.000000112. The normalized spacial score (nSPS) is 12.5. The molecule has 0 N–H and O–H groups in total. The Morgan fingerprint density at radius 3 is 1.56 bits per heavy atom. The molecule has 0 saturated carbocycles. The first kappa shape index (κ1) is 14.2. The topological polar surface area (TPSA) is 0 Å². The molecule has 2 aliphatic rings. The first-order valence-corrected chi connectivity index (χ1v) is 8.76. The Bertz CT molecular complexity index is 1030. The van der Waals surface area contributed by atoms with E-state index in [-0.39, 0.29) is 0 Å². The van der Waals surface area contributed by atoms with Crippen molar-refractivity contribution in [1.82, 2.24) is 0 Å². The highest BCUT2D eigenvalue weighted by Gasteiger charge is 2.15. The maximum atomic E-state index is 2.22. The maximum Gasteiger partial charge on any atom is -0.00135 e. The molecule has 6 rings (SSSR count). The monoisotopic (exact) mass is 318 g/mol. The first-order chi connectivity index (χ1) is 12.4. The highest BCUT2D eigenvalue weighted by atomic mass is 14.2. The van der Waals surface area contributed by atoms with Gasteiger partial charge in [-0.25, -0.2) is 0 Å². The van der Waals surface area contributed by atoms with E-state index in [1.807, 2.05) is 0 Å². The Hall–Kier alpha value is -3.12. The molecule has 0 spiro atoms. The Labute approximate surface area is 148 Å². The lowest BCUT2D eigenvalue weighted by atomic mass is 10.0. The van der Waals surface area contributed by atoms with E-state index in [1.54, 1.807) is 0 Å². The van der Waals surface area contributed by atoms with Crippen molar-refractivity contribution in [3.63, 3.8) is 0 Å². The van der Waals surface area contributed by atoms with Gasteiger partial charge in [-0.05, 0) is 50.6 Å². The van der Waals surface area contributed by atoms with E-state index in [0.717, 1.165) is 6.42 Å². The minimum absolute atomic E-state index is 1.10. The molecule has 118 valence electrons. The van der Waals surface area contributed by atoms with Gasteiger partial charge in [-0.2, -0.15) is 0 Å². The summed E-state index contributed by atoms with van der Waals surface area (Å²) in [5.74, 6) is 0. The van der Waals surface area contributed by atoms with Crippen LogP contribution in [-0.4, -0.2) is 0 Å². The Morgan fingerprint density at radius 1 is 0.480 bits per heavy atom. The summed E-state index contributed by atoms with van der Waals surface area (Å²) in [6.45, 7) is 0. The third-order valence-corrected chi connectivity index (χ3v) is 5.12. The summed E-state index contributed by atoms with van der Waals surface area (Å²) in [6.07, 6.45) is 5.46. The fourth-order valence-corrected chi connectivity index (χ4v) is 3.94. The van der Waals surface area contributed by atoms with Gasteiger partial charge in [-0.15, -0.1) is 0 Å². The van der Waals surface area contributed by atoms with Gasteiger partial charge in [0.1, 0.15) is 0 Å². The van der Waals surface area contributed by atoms with Crippen LogP contribution in [0.25, 0.3) is 34.1 Å². The maximum absolute atomic E-state index is 2.22. The molecule has 0 amide bonds. The van der Waals surface area contributed by atoms with Gasteiger partial charge in [0, 0.05) is 0 Å². The highest BCUT2D eigenvalue weighted by molar-refractivity contribution is 6.04. The van der Waals surface area contributed by atoms with Crippen LogP contribution >= 0.6 is 0 Å². The number of benzene rings is 4. The van der Waals surface area contributed by atoms with E-state index < -0.39 is 0 Å². The smallest absolute Gasteiger partial charge is 0.00135 e. The minimum atomic E-state index is 1.10. The fourth-order valence-electron chi connectivity index (χ4n) is 3.94. The molecule has 25 heavy (non-hydrogen) atoms. The molecule has 0 fully saturated rings. The number of fused-ring (bicyclic) bond motifs is 3. The molecule has 0 saturated heterocycles. The van der Waals surface area contributed by atoms with E-state index in [1.165, 1.54) is 44.2 Å². The van der Waals surface area contributed by atoms with Gasteiger partial charge >= 0.3 is 0 Å². The van der Waals surface area contributed by atoms with Crippen LogP contribution in [0, 0.1) is 0 Å². The molecule has 2 aliphatic carbocycles. The van der Waals surface area contributed by atoms with Gasteiger partial charge < -0.3 is 0 Å². The summed E-state index contributed by atoms with van der Waals surface area (Å²) in [6, 6.07) is 30.2. The third-order valence-electron chi connectivity index (χ3n) is 5.12. The second kappa shape index (κ2) is 5.75. The predicted octanol–water partition coefficient (Wildman–Crippen LogP) is 6.58. The van der Waals surface area contributed by atoms with Crippen molar-refractivity contribution in [2.24, 2.45) is 0 Å². The summed E-state index contributed by atoms with van der Waals surface area (Å²) < 4.78 is 0. The van der Waals surface area contributed by atoms with Crippen LogP contribution < -0.4 is 0 Å². The van der Waals surface area contributed by atoms with Crippen molar-refractivity contribution < 1.29 is 0 Å². The number of hydrogen-bond donors (Lipinski definition) is 0. The quantitative estimate of drug-likeness (QED) is 0.297. The molecule has 0 unspecified atom stereocenters. The summed E-state index contributed by atoms with van der Waals surface area (Å²) in [7, 11) is 0. The molecular weight excluding hydrogens is 300 g/mol. The lowest BCUT2D eigenvalue weighted by Gasteiger charge is -1.99. The summed E-state index contributed by atoms with van der Waals surface area (Å²) >= 11 is 0. The van der Waals surface area contributed by atoms with E-state index in [4.69, 9.17) is 0 Å². The molecule has 0 heterocycles. The van der Waals surface area contributed by atoms with E-state index in [2.05, 4.69) is 97.1 Å². The summed E-state index contributed by atoms with van der Waals surface area (Å²) in [4.78, 5) is 0. The zero-order valence-electron chi connectivity index (χ0n) is 13.9. The average Bonchev–Trinajstić information content (AvgIpc) is 3.26. The van der Waals surface area contributed by atoms with Crippen molar-refractivity contribution in [3.8, 4) is 11.1 Å². The van der Waals surface area contributed by atoms with Gasteiger partial charge in [0.25, 0.3) is 0 Å². The van der Waals surface area contributed by atoms with E-state index >= 15 is 0 Å². The summed E-state index contributed by atoms with van der Waals surface area (Å²) in [5.41, 5.74) is 8.45. The van der Waals surface area contributed by atoms with Gasteiger partial charge in [-0.1, -0.05) is 97.1 Å². The van der Waals surface area contributed by atoms with Crippen LogP contribution in [0.4, 0.5) is 0 Å². The van der Waals surface area contributed by atoms with Crippen LogP contribution in [0.5, 0.6) is 0 Å². The largest absolute Gasteiger partial charge is 0.0619 e. The van der Waals surface area contributed by atoms with Gasteiger partial charge in [0.15, 0.2) is 0 Å². The van der Waals surface area contributed by atoms with E-state index in [9.17, 15) is 0 Å². The first-order valence-electron chi connectivity index (χ1n) is 8.76. The standard InChI is InChI=1S/C13H10.C12H8/c1-3-7-12-10(5-1)9-11-6-2-4-8-13(11)12;1-3-9-4-2-6-11-8-7-10(5-1)12(9)11/h1-8H,9H2;1-8H. The third kappa shape index (κ3) is 2.38. The van der Waals surface area contributed by atoms with Crippen molar-refractivity contribution >= 4 is 22.9 Å². The Kier molecular flexibility index (Phi) is 3.28. The molecule has 0 atom stereocenters. The second-order valence-electron chi connectivity index (χ2n) is 6.62. The van der Waals surface area contributed by atoms with Gasteiger partial charge in [-0.3, -0.25) is 0 Å². The molecule has 0 nitrogen and oxygen atoms in total. The van der Waals surface area contributed by atoms with Crippen LogP contribution in [0.3, 0.4) is 0 Å². The average molecular weight is 318 g/mol. The van der Waals surface area contributed by atoms with E-state index in [0.29, 0.717) is 0 Å². The molecule has 4 aromatic carbocycles. The van der Waals surface area contributed by atoms with Crippen molar-refractivity contribution in [3.05, 3.63) is 107 Å². The molecule has 4 aromatic rings. The lowest BCUT2D eigenvalue weighted by Crippen LogP contribution is -1.77. The van der Waals surface area contributed by atoms with Gasteiger partial charge in [0.2, 0.25) is 0 Å². The number of hydrogen-bond acceptors (Lipinski definition) is 0. The Morgan fingerprint density at radius 2 is 1.00 bits per heavy atom. The number of rotatable bonds is 0. The predicted molar refractivity (Wildman–Crippen MR) is 108 cm³/mol. The van der Waals surface area contributed by atoms with Crippen molar-refractivity contribution in [2.45, 2.75) is 6.42 Å². The molecule has 0 heteroatoms. The van der Waals surface area contributed by atoms with Crippen molar-refractivity contribution in [1.29, 1.82) is 0 Å². The summed E-state index contributed by atoms with van der Waals surface area (Å²) in [5, 5.41) is 2.75. The lowest BCUT2D eigenvalue weighted by molar-refractivity contribution is 1.26. The van der Waals surface area contributed by atoms with Crippen LogP contribution in [-0.2, 0) is 6.42 Å². The molecule has 0 bridgehead atoms. The molecular formula is C25H18. The SMILES string of the molecule is C1=Cc2cccc3cccc1c23.c1ccc2c(c1)Cc1ccccc1-2. The van der Waals surface area contributed by atoms with Crippen LogP contribution in [0.15, 0.2) is 84.9 Å². The minimum Gasteiger partial charge on any atom is -0.0619 e. The van der Waals surface area contributed by atoms with Crippen LogP contribution in [0.2, 0.25) is 0 Å². The van der Waals surface area contributed by atoms with Crippen molar-refractivity contribution in [2.75, 3.05) is 0 Å². The zero-order valence-corrected chi connectivity index (χ0v) is 13.9. The molecule has 0 radical (unpaired) electrons. The van der Waals surface area contributed by atoms with Crippen LogP contribution in [0.1, 0.15) is 22.3 Å².